The van der Waals surface area contributed by atoms with Crippen LogP contribution < -0.4 is 9.64 Å². The number of ketones is 1. The molecule has 0 bridgehead atoms. The zero-order valence-electron chi connectivity index (χ0n) is 17.6. The maximum absolute atomic E-state index is 13.8. The molecule has 3 aromatic carbocycles. The number of carbonyl (C=O) groups excluding carboxylic acids is 2. The van der Waals surface area contributed by atoms with Crippen LogP contribution in [0.25, 0.3) is 5.76 Å². The third-order valence-corrected chi connectivity index (χ3v) is 5.96. The minimum Gasteiger partial charge on any atom is -0.507 e. The molecular weight excluding hydrogens is 468 g/mol. The number of ether oxygens (including phenoxy) is 1. The van der Waals surface area contributed by atoms with E-state index < -0.39 is 23.5 Å². The summed E-state index contributed by atoms with van der Waals surface area (Å²) in [5.41, 5.74) is 1.68. The first kappa shape index (κ1) is 22.8. The molecule has 1 fully saturated rings. The molecule has 4 rings (SSSR count). The topological polar surface area (TPSA) is 66.8 Å². The second kappa shape index (κ2) is 8.89. The number of aliphatic hydroxyl groups excluding tert-OH is 1. The van der Waals surface area contributed by atoms with Gasteiger partial charge < -0.3 is 9.84 Å². The Kier molecular flexibility index (Phi) is 6.15. The zero-order valence-corrected chi connectivity index (χ0v) is 19.1. The Morgan fingerprint density at radius 3 is 2.36 bits per heavy atom. The van der Waals surface area contributed by atoms with E-state index >= 15 is 0 Å². The second-order valence-electron chi connectivity index (χ2n) is 7.52. The summed E-state index contributed by atoms with van der Waals surface area (Å²) in [4.78, 5) is 27.6. The molecule has 0 spiro atoms. The van der Waals surface area contributed by atoms with Gasteiger partial charge in [-0.3, -0.25) is 14.5 Å². The van der Waals surface area contributed by atoms with Crippen molar-refractivity contribution in [2.45, 2.75) is 13.0 Å². The number of aliphatic hydroxyl groups is 1. The highest BCUT2D eigenvalue weighted by Gasteiger charge is 2.47. The van der Waals surface area contributed by atoms with Crippen LogP contribution in [0.15, 0.2) is 66.2 Å². The fraction of sp³-hybridized carbons (Fsp3) is 0.120. The fourth-order valence-corrected chi connectivity index (χ4v) is 4.15. The Morgan fingerprint density at radius 2 is 1.73 bits per heavy atom. The number of amides is 1. The Balaban J connectivity index is 1.99. The minimum atomic E-state index is -1.01. The van der Waals surface area contributed by atoms with E-state index in [1.165, 1.54) is 24.1 Å². The number of rotatable bonds is 4. The van der Waals surface area contributed by atoms with Crippen molar-refractivity contribution < 1.29 is 23.8 Å². The van der Waals surface area contributed by atoms with Crippen molar-refractivity contribution in [3.8, 4) is 5.75 Å². The third kappa shape index (κ3) is 4.08. The predicted octanol–water partition coefficient (Wildman–Crippen LogP) is 6.08. The Bertz CT molecular complexity index is 1300. The molecule has 1 unspecified atom stereocenters. The number of carbonyl (C=O) groups is 2. The fourth-order valence-electron chi connectivity index (χ4n) is 3.85. The molecule has 1 aliphatic rings. The molecule has 0 aromatic heterocycles. The van der Waals surface area contributed by atoms with E-state index in [0.717, 1.165) is 11.6 Å². The lowest BCUT2D eigenvalue weighted by molar-refractivity contribution is -0.132. The van der Waals surface area contributed by atoms with E-state index in [-0.39, 0.29) is 27.6 Å². The van der Waals surface area contributed by atoms with Gasteiger partial charge in [-0.05, 0) is 55.0 Å². The summed E-state index contributed by atoms with van der Waals surface area (Å²) in [5.74, 6) is -2.49. The van der Waals surface area contributed by atoms with Crippen LogP contribution in [0.4, 0.5) is 10.1 Å². The van der Waals surface area contributed by atoms with Gasteiger partial charge >= 0.3 is 0 Å². The molecule has 0 radical (unpaired) electrons. The van der Waals surface area contributed by atoms with E-state index in [1.54, 1.807) is 42.5 Å². The molecule has 168 valence electrons. The van der Waals surface area contributed by atoms with Gasteiger partial charge in [0, 0.05) is 10.7 Å². The van der Waals surface area contributed by atoms with Crippen LogP contribution in [-0.2, 0) is 9.59 Å². The Labute approximate surface area is 199 Å². The van der Waals surface area contributed by atoms with Crippen LogP contribution in [0.5, 0.6) is 5.75 Å². The predicted molar refractivity (Wildman–Crippen MR) is 125 cm³/mol. The second-order valence-corrected chi connectivity index (χ2v) is 8.37. The Morgan fingerprint density at radius 1 is 1.03 bits per heavy atom. The summed E-state index contributed by atoms with van der Waals surface area (Å²) in [5, 5.41) is 11.5. The number of hydrogen-bond acceptors (Lipinski definition) is 4. The van der Waals surface area contributed by atoms with Gasteiger partial charge in [0.1, 0.15) is 17.3 Å². The smallest absolute Gasteiger partial charge is 0.300 e. The molecular formula is C25H18Cl2FNO4. The molecule has 1 aliphatic heterocycles. The lowest BCUT2D eigenvalue weighted by Crippen LogP contribution is -2.29. The lowest BCUT2D eigenvalue weighted by Gasteiger charge is -2.26. The highest BCUT2D eigenvalue weighted by Crippen LogP contribution is 2.44. The molecule has 1 N–H and O–H groups in total. The first-order valence-electron chi connectivity index (χ1n) is 9.89. The van der Waals surface area contributed by atoms with Crippen molar-refractivity contribution in [3.63, 3.8) is 0 Å². The van der Waals surface area contributed by atoms with Crippen LogP contribution in [0.1, 0.15) is 22.7 Å². The summed E-state index contributed by atoms with van der Waals surface area (Å²) in [7, 11) is 1.44. The summed E-state index contributed by atoms with van der Waals surface area (Å²) in [6, 6.07) is 14.4. The summed E-state index contributed by atoms with van der Waals surface area (Å²) < 4.78 is 19.2. The van der Waals surface area contributed by atoms with Crippen LogP contribution >= 0.6 is 23.2 Å². The molecule has 33 heavy (non-hydrogen) atoms. The number of benzene rings is 3. The zero-order chi connectivity index (χ0) is 23.9. The van der Waals surface area contributed by atoms with E-state index in [4.69, 9.17) is 27.9 Å². The van der Waals surface area contributed by atoms with Crippen LogP contribution in [-0.4, -0.2) is 23.9 Å². The van der Waals surface area contributed by atoms with Crippen LogP contribution in [0.3, 0.4) is 0 Å². The average Bonchev–Trinajstić information content (AvgIpc) is 3.06. The maximum Gasteiger partial charge on any atom is 0.300 e. The van der Waals surface area contributed by atoms with Gasteiger partial charge in [0.2, 0.25) is 0 Å². The normalized spacial score (nSPS) is 17.5. The van der Waals surface area contributed by atoms with E-state index in [0.29, 0.717) is 16.3 Å². The molecule has 0 saturated carbocycles. The van der Waals surface area contributed by atoms with Crippen LogP contribution in [0, 0.1) is 12.7 Å². The maximum atomic E-state index is 13.8. The van der Waals surface area contributed by atoms with Gasteiger partial charge in [0.25, 0.3) is 11.7 Å². The molecule has 5 nitrogen and oxygen atoms in total. The van der Waals surface area contributed by atoms with Gasteiger partial charge in [-0.1, -0.05) is 47.0 Å². The van der Waals surface area contributed by atoms with Gasteiger partial charge in [0.05, 0.1) is 29.3 Å². The standard InChI is InChI=1S/C25H18Cl2FNO4/c1-13-3-10-20(33-2)17(11-13)23(30)21-22(14-4-6-15(26)7-5-14)29(25(32)24(21)31)16-8-9-19(28)18(27)12-16/h3-12,22,30H,1-2H3/b23-21+. The molecule has 8 heteroatoms. The first-order valence-corrected chi connectivity index (χ1v) is 10.6. The van der Waals surface area contributed by atoms with E-state index in [9.17, 15) is 19.1 Å². The molecule has 3 aromatic rings. The van der Waals surface area contributed by atoms with Gasteiger partial charge in [-0.15, -0.1) is 0 Å². The SMILES string of the molecule is COc1ccc(C)cc1/C(O)=C1\C(=O)C(=O)N(c2ccc(F)c(Cl)c2)C1c1ccc(Cl)cc1. The monoisotopic (exact) mass is 485 g/mol. The van der Waals surface area contributed by atoms with Crippen LogP contribution in [0.2, 0.25) is 10.0 Å². The summed E-state index contributed by atoms with van der Waals surface area (Å²) >= 11 is 12.0. The number of Topliss-reactive ketones (excluding diaryl/α,β-unsaturated/α-hetero) is 1. The average molecular weight is 486 g/mol. The molecule has 1 amide bonds. The number of halogens is 3. The molecule has 0 aliphatic carbocycles. The van der Waals surface area contributed by atoms with E-state index in [2.05, 4.69) is 0 Å². The van der Waals surface area contributed by atoms with Crippen molar-refractivity contribution in [1.82, 2.24) is 0 Å². The van der Waals surface area contributed by atoms with Gasteiger partial charge in [-0.2, -0.15) is 0 Å². The number of methoxy groups -OCH3 is 1. The number of aryl methyl sites for hydroxylation is 1. The van der Waals surface area contributed by atoms with Gasteiger partial charge in [0.15, 0.2) is 0 Å². The Hall–Kier alpha value is -3.35. The number of anilines is 1. The lowest BCUT2D eigenvalue weighted by atomic mass is 9.94. The van der Waals surface area contributed by atoms with Crippen molar-refractivity contribution in [2.75, 3.05) is 12.0 Å². The number of hydrogen-bond donors (Lipinski definition) is 1. The number of nitrogens with zero attached hydrogens (tertiary/aromatic N) is 1. The van der Waals surface area contributed by atoms with Gasteiger partial charge in [-0.25, -0.2) is 4.39 Å². The molecule has 1 saturated heterocycles. The minimum absolute atomic E-state index is 0.133. The van der Waals surface area contributed by atoms with Crippen molar-refractivity contribution in [3.05, 3.63) is 98.8 Å². The molecule has 1 heterocycles. The summed E-state index contributed by atoms with van der Waals surface area (Å²) in [6.45, 7) is 1.83. The van der Waals surface area contributed by atoms with E-state index in [1.807, 2.05) is 6.92 Å². The first-order chi connectivity index (χ1) is 15.7. The molecule has 1 atom stereocenters. The summed E-state index contributed by atoms with van der Waals surface area (Å²) in [6.07, 6.45) is 0. The highest BCUT2D eigenvalue weighted by atomic mass is 35.5. The quantitative estimate of drug-likeness (QED) is 0.276. The van der Waals surface area contributed by atoms with Crippen molar-refractivity contribution in [2.24, 2.45) is 0 Å². The van der Waals surface area contributed by atoms with Crippen molar-refractivity contribution in [1.29, 1.82) is 0 Å². The third-order valence-electron chi connectivity index (χ3n) is 5.42. The highest BCUT2D eigenvalue weighted by molar-refractivity contribution is 6.52. The van der Waals surface area contributed by atoms with Crippen molar-refractivity contribution >= 4 is 46.3 Å². The largest absolute Gasteiger partial charge is 0.507 e.